The maximum absolute atomic E-state index is 11.7. The topological polar surface area (TPSA) is 90.0 Å². The Hall–Kier alpha value is -1.76. The van der Waals surface area contributed by atoms with E-state index in [1.54, 1.807) is 41.9 Å². The van der Waals surface area contributed by atoms with Crippen LogP contribution in [-0.2, 0) is 23.9 Å². The van der Waals surface area contributed by atoms with Crippen molar-refractivity contribution in [2.75, 3.05) is 27.3 Å². The number of methoxy groups -OCH3 is 1. The Morgan fingerprint density at radius 2 is 1.75 bits per heavy atom. The molecule has 0 bridgehead atoms. The molecule has 0 aromatic heterocycles. The van der Waals surface area contributed by atoms with Gasteiger partial charge in [-0.15, -0.1) is 0 Å². The van der Waals surface area contributed by atoms with Crippen molar-refractivity contribution in [1.82, 2.24) is 4.90 Å². The number of ketones is 2. The van der Waals surface area contributed by atoms with Gasteiger partial charge in [-0.2, -0.15) is 0 Å². The zero-order valence-corrected chi connectivity index (χ0v) is 15.9. The molecule has 0 aliphatic carbocycles. The Morgan fingerprint density at radius 3 is 2.08 bits per heavy atom. The first kappa shape index (κ1) is 24.5. The molecule has 1 heterocycles. The third kappa shape index (κ3) is 12.8. The Bertz CT molecular complexity index is 414. The molecule has 0 aromatic rings. The van der Waals surface area contributed by atoms with Gasteiger partial charge in [0.25, 0.3) is 0 Å². The summed E-state index contributed by atoms with van der Waals surface area (Å²) in [5.74, 6) is -0.541. The van der Waals surface area contributed by atoms with Crippen LogP contribution in [0, 0.1) is 5.92 Å². The summed E-state index contributed by atoms with van der Waals surface area (Å²) in [6.45, 7) is 9.23. The minimum Gasteiger partial charge on any atom is -0.444 e. The first-order valence-electron chi connectivity index (χ1n) is 7.87. The Morgan fingerprint density at radius 1 is 1.29 bits per heavy atom. The average molecular weight is 345 g/mol. The van der Waals surface area contributed by atoms with Gasteiger partial charge in [0.2, 0.25) is 0 Å². The SMILES string of the molecule is CC(C)(C)OC(=O)N1CCC(=O)C(C=O)C1.CCC(C)=O.COC. The van der Waals surface area contributed by atoms with E-state index in [2.05, 4.69) is 4.74 Å². The number of ether oxygens (including phenoxy) is 2. The number of amides is 1. The largest absolute Gasteiger partial charge is 0.444 e. The summed E-state index contributed by atoms with van der Waals surface area (Å²) in [5.41, 5.74) is -0.560. The molecule has 140 valence electrons. The maximum atomic E-state index is 11.7. The number of rotatable bonds is 2. The van der Waals surface area contributed by atoms with Gasteiger partial charge < -0.3 is 24.0 Å². The molecule has 1 unspecified atom stereocenters. The molecule has 0 N–H and O–H groups in total. The molecule has 1 aliphatic heterocycles. The van der Waals surface area contributed by atoms with Gasteiger partial charge in [-0.05, 0) is 27.7 Å². The summed E-state index contributed by atoms with van der Waals surface area (Å²) in [4.78, 5) is 44.8. The molecule has 1 rings (SSSR count). The van der Waals surface area contributed by atoms with Gasteiger partial charge in [0.15, 0.2) is 0 Å². The van der Waals surface area contributed by atoms with Gasteiger partial charge in [0, 0.05) is 40.2 Å². The van der Waals surface area contributed by atoms with Crippen LogP contribution in [0.2, 0.25) is 0 Å². The molecule has 1 saturated heterocycles. The number of nitrogens with zero attached hydrogens (tertiary/aromatic N) is 1. The Labute approximate surface area is 144 Å². The molecule has 0 spiro atoms. The minimum absolute atomic E-state index is 0.102. The lowest BCUT2D eigenvalue weighted by Crippen LogP contribution is -2.46. The zero-order chi connectivity index (χ0) is 19.3. The maximum Gasteiger partial charge on any atom is 0.410 e. The molecule has 0 aromatic carbocycles. The lowest BCUT2D eigenvalue weighted by Gasteiger charge is -2.31. The first-order valence-corrected chi connectivity index (χ1v) is 7.87. The van der Waals surface area contributed by atoms with E-state index >= 15 is 0 Å². The molecule has 7 nitrogen and oxygen atoms in total. The summed E-state index contributed by atoms with van der Waals surface area (Å²) >= 11 is 0. The van der Waals surface area contributed by atoms with Crippen LogP contribution < -0.4 is 0 Å². The number of piperidine rings is 1. The molecule has 1 atom stereocenters. The highest BCUT2D eigenvalue weighted by atomic mass is 16.6. The summed E-state index contributed by atoms with van der Waals surface area (Å²) in [6.07, 6.45) is 1.02. The fraction of sp³-hybridized carbons (Fsp3) is 0.765. The van der Waals surface area contributed by atoms with Crippen LogP contribution in [-0.4, -0.2) is 61.8 Å². The summed E-state index contributed by atoms with van der Waals surface area (Å²) in [5, 5.41) is 0. The molecular weight excluding hydrogens is 314 g/mol. The second kappa shape index (κ2) is 12.6. The number of aldehydes is 1. The highest BCUT2D eigenvalue weighted by molar-refractivity contribution is 5.95. The van der Waals surface area contributed by atoms with Crippen LogP contribution in [0.1, 0.15) is 47.5 Å². The van der Waals surface area contributed by atoms with Crippen molar-refractivity contribution < 1.29 is 28.7 Å². The second-order valence-corrected chi connectivity index (χ2v) is 6.35. The van der Waals surface area contributed by atoms with E-state index in [0.29, 0.717) is 19.3 Å². The van der Waals surface area contributed by atoms with Crippen molar-refractivity contribution in [3.63, 3.8) is 0 Å². The van der Waals surface area contributed by atoms with E-state index in [9.17, 15) is 19.2 Å². The molecule has 7 heteroatoms. The predicted molar refractivity (Wildman–Crippen MR) is 90.9 cm³/mol. The summed E-state index contributed by atoms with van der Waals surface area (Å²) in [6, 6.07) is 0. The van der Waals surface area contributed by atoms with Crippen LogP contribution in [0.15, 0.2) is 0 Å². The van der Waals surface area contributed by atoms with E-state index in [1.807, 2.05) is 6.92 Å². The summed E-state index contributed by atoms with van der Waals surface area (Å²) < 4.78 is 9.42. The van der Waals surface area contributed by atoms with Crippen molar-refractivity contribution in [2.24, 2.45) is 5.92 Å². The van der Waals surface area contributed by atoms with E-state index in [1.165, 1.54) is 4.90 Å². The fourth-order valence-electron chi connectivity index (χ4n) is 1.47. The molecule has 24 heavy (non-hydrogen) atoms. The second-order valence-electron chi connectivity index (χ2n) is 6.35. The van der Waals surface area contributed by atoms with Crippen molar-refractivity contribution in [1.29, 1.82) is 0 Å². The monoisotopic (exact) mass is 345 g/mol. The van der Waals surface area contributed by atoms with E-state index in [-0.39, 0.29) is 24.5 Å². The Kier molecular flexibility index (Phi) is 12.9. The highest BCUT2D eigenvalue weighted by Gasteiger charge is 2.31. The van der Waals surface area contributed by atoms with Crippen LogP contribution in [0.3, 0.4) is 0 Å². The standard InChI is InChI=1S/C11H17NO4.C4H8O.C2H6O/c1-11(2,3)16-10(15)12-5-4-9(14)8(6-12)7-13;1-3-4(2)5;1-3-2/h7-8H,4-6H2,1-3H3;3H2,1-2H3;1-2H3. The number of hydrogen-bond donors (Lipinski definition) is 0. The number of carbonyl (C=O) groups excluding carboxylic acids is 4. The van der Waals surface area contributed by atoms with Crippen LogP contribution in [0.25, 0.3) is 0 Å². The number of likely N-dealkylation sites (tertiary alicyclic amines) is 1. The van der Waals surface area contributed by atoms with Gasteiger partial charge in [0.05, 0.1) is 5.92 Å². The van der Waals surface area contributed by atoms with Gasteiger partial charge in [0.1, 0.15) is 23.5 Å². The quantitative estimate of drug-likeness (QED) is 0.563. The smallest absolute Gasteiger partial charge is 0.410 e. The number of hydrogen-bond acceptors (Lipinski definition) is 6. The van der Waals surface area contributed by atoms with Gasteiger partial charge in [-0.25, -0.2) is 4.79 Å². The van der Waals surface area contributed by atoms with Crippen LogP contribution in [0.4, 0.5) is 4.79 Å². The zero-order valence-electron chi connectivity index (χ0n) is 15.9. The van der Waals surface area contributed by atoms with Crippen molar-refractivity contribution in [2.45, 2.75) is 53.1 Å². The van der Waals surface area contributed by atoms with Gasteiger partial charge >= 0.3 is 6.09 Å². The van der Waals surface area contributed by atoms with Gasteiger partial charge in [-0.1, -0.05) is 6.92 Å². The molecule has 1 amide bonds. The third-order valence-corrected chi connectivity index (χ3v) is 2.77. The average Bonchev–Trinajstić information content (AvgIpc) is 2.47. The molecule has 1 aliphatic rings. The third-order valence-electron chi connectivity index (χ3n) is 2.77. The lowest BCUT2D eigenvalue weighted by molar-refractivity contribution is -0.130. The fourth-order valence-corrected chi connectivity index (χ4v) is 1.47. The number of Topliss-reactive ketones (excluding diaryl/α,β-unsaturated/α-hetero) is 2. The first-order chi connectivity index (χ1) is 11.0. The predicted octanol–water partition coefficient (Wildman–Crippen LogP) is 2.26. The highest BCUT2D eigenvalue weighted by Crippen LogP contribution is 2.15. The van der Waals surface area contributed by atoms with Crippen LogP contribution in [0.5, 0.6) is 0 Å². The minimum atomic E-state index is -0.693. The van der Waals surface area contributed by atoms with Crippen LogP contribution >= 0.6 is 0 Å². The molecule has 0 radical (unpaired) electrons. The molecule has 1 fully saturated rings. The van der Waals surface area contributed by atoms with E-state index < -0.39 is 17.6 Å². The molecule has 0 saturated carbocycles. The Balaban J connectivity index is 0. The van der Waals surface area contributed by atoms with Crippen molar-refractivity contribution in [3.8, 4) is 0 Å². The van der Waals surface area contributed by atoms with Crippen molar-refractivity contribution in [3.05, 3.63) is 0 Å². The van der Waals surface area contributed by atoms with Crippen molar-refractivity contribution >= 4 is 23.9 Å². The van der Waals surface area contributed by atoms with Gasteiger partial charge in [-0.3, -0.25) is 4.79 Å². The summed E-state index contributed by atoms with van der Waals surface area (Å²) in [7, 11) is 3.25. The lowest BCUT2D eigenvalue weighted by atomic mass is 9.98. The number of carbonyl (C=O) groups is 4. The van der Waals surface area contributed by atoms with E-state index in [4.69, 9.17) is 4.74 Å². The normalized spacial score (nSPS) is 16.9. The van der Waals surface area contributed by atoms with E-state index in [0.717, 1.165) is 0 Å². The molecular formula is C17H31NO6.